The summed E-state index contributed by atoms with van der Waals surface area (Å²) >= 11 is 0. The Morgan fingerprint density at radius 1 is 1.17 bits per heavy atom. The van der Waals surface area contributed by atoms with Gasteiger partial charge in [-0.05, 0) is 43.4 Å². The maximum atomic E-state index is 12.9. The van der Waals surface area contributed by atoms with Crippen molar-refractivity contribution in [3.63, 3.8) is 0 Å². The van der Waals surface area contributed by atoms with Crippen molar-refractivity contribution in [1.29, 1.82) is 0 Å². The number of fused-ring (bicyclic) bond motifs is 1. The van der Waals surface area contributed by atoms with Crippen LogP contribution in [0, 0.1) is 5.92 Å². The second kappa shape index (κ2) is 9.75. The Hall–Kier alpha value is -2.87. The molecule has 8 nitrogen and oxygen atoms in total. The minimum atomic E-state index is -1.11. The Morgan fingerprint density at radius 3 is 2.60 bits per heavy atom. The van der Waals surface area contributed by atoms with Crippen LogP contribution in [0.5, 0.6) is 0 Å². The number of carboxylic acid groups (broad SMARTS) is 1. The van der Waals surface area contributed by atoms with Gasteiger partial charge in [-0.1, -0.05) is 32.0 Å². The van der Waals surface area contributed by atoms with Crippen LogP contribution in [0.1, 0.15) is 38.7 Å². The van der Waals surface area contributed by atoms with E-state index in [1.165, 1.54) is 0 Å². The third-order valence-corrected chi connectivity index (χ3v) is 5.43. The Morgan fingerprint density at radius 2 is 1.93 bits per heavy atom. The van der Waals surface area contributed by atoms with Gasteiger partial charge in [0.05, 0.1) is 6.04 Å². The van der Waals surface area contributed by atoms with Crippen molar-refractivity contribution in [3.8, 4) is 0 Å². The number of para-hydroxylation sites is 1. The van der Waals surface area contributed by atoms with Crippen molar-refractivity contribution in [2.24, 2.45) is 5.92 Å². The SMILES string of the molecule is CC(C)CC(NC(=O)C1CCCN1)C(=O)NC(Cc1c[nH]c2ccccc12)C(=O)O. The molecule has 1 aliphatic rings. The Kier molecular flexibility index (Phi) is 7.10. The second-order valence-electron chi connectivity index (χ2n) is 8.30. The molecule has 8 heteroatoms. The Labute approximate surface area is 175 Å². The third kappa shape index (κ3) is 5.38. The zero-order valence-corrected chi connectivity index (χ0v) is 17.4. The molecule has 1 aromatic carbocycles. The summed E-state index contributed by atoms with van der Waals surface area (Å²) < 4.78 is 0. The molecule has 1 fully saturated rings. The van der Waals surface area contributed by atoms with Gasteiger partial charge in [-0.2, -0.15) is 0 Å². The number of rotatable bonds is 9. The summed E-state index contributed by atoms with van der Waals surface area (Å²) in [6.07, 6.45) is 4.01. The van der Waals surface area contributed by atoms with E-state index in [0.717, 1.165) is 35.9 Å². The lowest BCUT2D eigenvalue weighted by Crippen LogP contribution is -2.55. The molecule has 0 radical (unpaired) electrons. The number of nitrogens with one attached hydrogen (secondary N) is 4. The first kappa shape index (κ1) is 21.8. The van der Waals surface area contributed by atoms with E-state index in [0.29, 0.717) is 6.42 Å². The standard InChI is InChI=1S/C22H30N4O4/c1-13(2)10-18(25-20(27)17-8-5-9-23-17)21(28)26-19(22(29)30)11-14-12-24-16-7-4-3-6-15(14)16/h3-4,6-7,12-13,17-19,23-24H,5,8-11H2,1-2H3,(H,25,27)(H,26,28)(H,29,30). The first-order valence-electron chi connectivity index (χ1n) is 10.5. The minimum absolute atomic E-state index is 0.150. The predicted octanol–water partition coefficient (Wildman–Crippen LogP) is 1.56. The summed E-state index contributed by atoms with van der Waals surface area (Å²) in [5, 5.41) is 19.2. The third-order valence-electron chi connectivity index (χ3n) is 5.43. The molecule has 0 saturated carbocycles. The second-order valence-corrected chi connectivity index (χ2v) is 8.30. The molecule has 1 saturated heterocycles. The highest BCUT2D eigenvalue weighted by molar-refractivity contribution is 5.92. The number of carbonyl (C=O) groups is 3. The van der Waals surface area contributed by atoms with Crippen molar-refractivity contribution in [2.45, 2.75) is 57.7 Å². The van der Waals surface area contributed by atoms with Crippen molar-refractivity contribution in [3.05, 3.63) is 36.0 Å². The lowest BCUT2D eigenvalue weighted by atomic mass is 10.0. The molecule has 2 heterocycles. The van der Waals surface area contributed by atoms with Gasteiger partial charge < -0.3 is 26.0 Å². The topological polar surface area (TPSA) is 123 Å². The van der Waals surface area contributed by atoms with E-state index in [2.05, 4.69) is 20.9 Å². The number of aromatic nitrogens is 1. The molecule has 2 aromatic rings. The molecule has 3 unspecified atom stereocenters. The lowest BCUT2D eigenvalue weighted by molar-refractivity contribution is -0.142. The van der Waals surface area contributed by atoms with Gasteiger partial charge in [-0.15, -0.1) is 0 Å². The fraction of sp³-hybridized carbons (Fsp3) is 0.500. The average Bonchev–Trinajstić information content (AvgIpc) is 3.37. The van der Waals surface area contributed by atoms with Crippen molar-refractivity contribution >= 4 is 28.7 Å². The summed E-state index contributed by atoms with van der Waals surface area (Å²) in [5.41, 5.74) is 1.73. The lowest BCUT2D eigenvalue weighted by Gasteiger charge is -2.24. The van der Waals surface area contributed by atoms with Gasteiger partial charge in [-0.25, -0.2) is 4.79 Å². The first-order valence-corrected chi connectivity index (χ1v) is 10.5. The number of benzene rings is 1. The van der Waals surface area contributed by atoms with E-state index < -0.39 is 24.0 Å². The molecule has 162 valence electrons. The van der Waals surface area contributed by atoms with Gasteiger partial charge in [0.2, 0.25) is 11.8 Å². The number of aromatic amines is 1. The molecule has 0 bridgehead atoms. The smallest absolute Gasteiger partial charge is 0.326 e. The van der Waals surface area contributed by atoms with Crippen LogP contribution in [-0.4, -0.2) is 52.5 Å². The average molecular weight is 415 g/mol. The van der Waals surface area contributed by atoms with Crippen molar-refractivity contribution in [1.82, 2.24) is 20.9 Å². The van der Waals surface area contributed by atoms with E-state index >= 15 is 0 Å². The number of aliphatic carboxylic acids is 1. The van der Waals surface area contributed by atoms with Gasteiger partial charge in [0, 0.05) is 23.5 Å². The van der Waals surface area contributed by atoms with Crippen molar-refractivity contribution in [2.75, 3.05) is 6.54 Å². The van der Waals surface area contributed by atoms with Crippen LogP contribution in [0.4, 0.5) is 0 Å². The zero-order valence-electron chi connectivity index (χ0n) is 17.4. The molecule has 0 spiro atoms. The maximum Gasteiger partial charge on any atom is 0.326 e. The molecule has 2 amide bonds. The molecule has 3 rings (SSSR count). The van der Waals surface area contributed by atoms with Gasteiger partial charge in [-0.3, -0.25) is 9.59 Å². The molecular formula is C22H30N4O4. The molecule has 1 aromatic heterocycles. The summed E-state index contributed by atoms with van der Waals surface area (Å²) in [6.45, 7) is 4.70. The number of amides is 2. The molecular weight excluding hydrogens is 384 g/mol. The molecule has 1 aliphatic heterocycles. The maximum absolute atomic E-state index is 12.9. The van der Waals surface area contributed by atoms with Gasteiger partial charge in [0.25, 0.3) is 0 Å². The Bertz CT molecular complexity index is 901. The van der Waals surface area contributed by atoms with E-state index in [1.54, 1.807) is 6.20 Å². The summed E-state index contributed by atoms with van der Waals surface area (Å²) in [4.78, 5) is 40.4. The first-order chi connectivity index (χ1) is 14.3. The van der Waals surface area contributed by atoms with Crippen LogP contribution in [0.25, 0.3) is 10.9 Å². The van der Waals surface area contributed by atoms with Gasteiger partial charge in [0.15, 0.2) is 0 Å². The highest BCUT2D eigenvalue weighted by Crippen LogP contribution is 2.19. The van der Waals surface area contributed by atoms with E-state index in [1.807, 2.05) is 38.1 Å². The number of hydrogen-bond donors (Lipinski definition) is 5. The highest BCUT2D eigenvalue weighted by Gasteiger charge is 2.30. The fourth-order valence-electron chi connectivity index (χ4n) is 3.88. The quantitative estimate of drug-likeness (QED) is 0.426. The van der Waals surface area contributed by atoms with Crippen molar-refractivity contribution < 1.29 is 19.5 Å². The van der Waals surface area contributed by atoms with Crippen LogP contribution >= 0.6 is 0 Å². The van der Waals surface area contributed by atoms with Crippen LogP contribution < -0.4 is 16.0 Å². The number of carbonyl (C=O) groups excluding carboxylic acids is 2. The normalized spacial score (nSPS) is 18.3. The zero-order chi connectivity index (χ0) is 21.7. The summed E-state index contributed by atoms with van der Waals surface area (Å²) in [5.74, 6) is -1.63. The number of hydrogen-bond acceptors (Lipinski definition) is 4. The monoisotopic (exact) mass is 414 g/mol. The molecule has 5 N–H and O–H groups in total. The van der Waals surface area contributed by atoms with Crippen LogP contribution in [0.2, 0.25) is 0 Å². The number of carboxylic acids is 1. The predicted molar refractivity (Wildman–Crippen MR) is 114 cm³/mol. The Balaban J connectivity index is 1.70. The van der Waals surface area contributed by atoms with E-state index in [-0.39, 0.29) is 24.3 Å². The largest absolute Gasteiger partial charge is 0.480 e. The summed E-state index contributed by atoms with van der Waals surface area (Å²) in [7, 11) is 0. The van der Waals surface area contributed by atoms with Crippen LogP contribution in [0.15, 0.2) is 30.5 Å². The minimum Gasteiger partial charge on any atom is -0.480 e. The van der Waals surface area contributed by atoms with E-state index in [4.69, 9.17) is 0 Å². The number of H-pyrrole nitrogens is 1. The van der Waals surface area contributed by atoms with Crippen LogP contribution in [0.3, 0.4) is 0 Å². The molecule has 30 heavy (non-hydrogen) atoms. The fourth-order valence-corrected chi connectivity index (χ4v) is 3.88. The molecule has 3 atom stereocenters. The summed E-state index contributed by atoms with van der Waals surface area (Å²) in [6, 6.07) is 5.46. The van der Waals surface area contributed by atoms with Gasteiger partial charge >= 0.3 is 5.97 Å². The van der Waals surface area contributed by atoms with Crippen LogP contribution in [-0.2, 0) is 20.8 Å². The molecule has 0 aliphatic carbocycles. The van der Waals surface area contributed by atoms with E-state index in [9.17, 15) is 19.5 Å². The highest BCUT2D eigenvalue weighted by atomic mass is 16.4. The van der Waals surface area contributed by atoms with Gasteiger partial charge in [0.1, 0.15) is 12.1 Å².